The Labute approximate surface area is 165 Å². The van der Waals surface area contributed by atoms with Gasteiger partial charge in [-0.3, -0.25) is 0 Å². The van der Waals surface area contributed by atoms with Crippen molar-refractivity contribution in [1.29, 1.82) is 0 Å². The number of nitrogens with one attached hydrogen (secondary N) is 1. The number of aromatic carboxylic acids is 1. The zero-order valence-electron chi connectivity index (χ0n) is 13.6. The Morgan fingerprint density at radius 3 is 2.72 bits per heavy atom. The van der Waals surface area contributed by atoms with E-state index in [-0.39, 0.29) is 5.56 Å². The van der Waals surface area contributed by atoms with Gasteiger partial charge in [0.1, 0.15) is 5.75 Å². The van der Waals surface area contributed by atoms with Crippen LogP contribution >= 0.6 is 39.1 Å². The molecular weight excluding hydrogens is 429 g/mol. The Bertz CT molecular complexity index is 768. The van der Waals surface area contributed by atoms with Crippen molar-refractivity contribution < 1.29 is 14.6 Å². The minimum atomic E-state index is -0.953. The standard InChI is InChI=1S/C18H18BrCl2NO3/c1-11-8-13(18(23)24)17(14(19)9-11)22-6-2-3-7-25-16-10-12(20)4-5-15(16)21/h4-5,8-10,22H,2-3,6-7H2,1H3,(H,23,24). The number of ether oxygens (including phenoxy) is 1. The Morgan fingerprint density at radius 2 is 2.00 bits per heavy atom. The number of hydrogen-bond donors (Lipinski definition) is 2. The molecule has 2 N–H and O–H groups in total. The number of rotatable bonds is 8. The maximum atomic E-state index is 11.4. The highest BCUT2D eigenvalue weighted by atomic mass is 79.9. The molecule has 0 unspecified atom stereocenters. The van der Waals surface area contributed by atoms with Gasteiger partial charge in [-0.25, -0.2) is 4.79 Å². The van der Waals surface area contributed by atoms with Crippen LogP contribution in [-0.4, -0.2) is 24.2 Å². The number of hydrogen-bond acceptors (Lipinski definition) is 3. The largest absolute Gasteiger partial charge is 0.492 e. The van der Waals surface area contributed by atoms with Gasteiger partial charge < -0.3 is 15.2 Å². The van der Waals surface area contributed by atoms with E-state index in [1.807, 2.05) is 13.0 Å². The average Bonchev–Trinajstić information content (AvgIpc) is 2.54. The Kier molecular flexibility index (Phi) is 7.41. The summed E-state index contributed by atoms with van der Waals surface area (Å²) in [7, 11) is 0. The first-order chi connectivity index (χ1) is 11.9. The quantitative estimate of drug-likeness (QED) is 0.485. The third-order valence-electron chi connectivity index (χ3n) is 3.49. The van der Waals surface area contributed by atoms with Crippen molar-refractivity contribution in [2.24, 2.45) is 0 Å². The molecule has 4 nitrogen and oxygen atoms in total. The second-order valence-electron chi connectivity index (χ2n) is 5.53. The van der Waals surface area contributed by atoms with Crippen LogP contribution in [0.3, 0.4) is 0 Å². The summed E-state index contributed by atoms with van der Waals surface area (Å²) in [5.41, 5.74) is 1.74. The highest BCUT2D eigenvalue weighted by molar-refractivity contribution is 9.10. The van der Waals surface area contributed by atoms with E-state index in [2.05, 4.69) is 21.2 Å². The summed E-state index contributed by atoms with van der Waals surface area (Å²) in [6.07, 6.45) is 1.61. The van der Waals surface area contributed by atoms with Crippen molar-refractivity contribution in [2.75, 3.05) is 18.5 Å². The molecule has 2 aromatic carbocycles. The summed E-state index contributed by atoms with van der Waals surface area (Å²) in [6, 6.07) is 8.63. The molecule has 0 aliphatic carbocycles. The number of carboxylic acids is 1. The summed E-state index contributed by atoms with van der Waals surface area (Å²) in [6.45, 7) is 3.00. The molecule has 0 heterocycles. The van der Waals surface area contributed by atoms with Crippen LogP contribution in [0.2, 0.25) is 10.0 Å². The van der Waals surface area contributed by atoms with Crippen molar-refractivity contribution in [3.8, 4) is 5.75 Å². The molecule has 0 atom stereocenters. The van der Waals surface area contributed by atoms with Crippen molar-refractivity contribution in [3.63, 3.8) is 0 Å². The number of anilines is 1. The molecule has 0 spiro atoms. The third kappa shape index (κ3) is 5.80. The lowest BCUT2D eigenvalue weighted by Crippen LogP contribution is -2.10. The van der Waals surface area contributed by atoms with Gasteiger partial charge in [-0.1, -0.05) is 23.2 Å². The highest BCUT2D eigenvalue weighted by Crippen LogP contribution is 2.29. The normalized spacial score (nSPS) is 10.6. The number of halogens is 3. The minimum Gasteiger partial charge on any atom is -0.492 e. The van der Waals surface area contributed by atoms with Crippen molar-refractivity contribution in [3.05, 3.63) is 56.0 Å². The van der Waals surface area contributed by atoms with Gasteiger partial charge in [-0.15, -0.1) is 0 Å². The second kappa shape index (κ2) is 9.32. The maximum Gasteiger partial charge on any atom is 0.337 e. The Morgan fingerprint density at radius 1 is 1.24 bits per heavy atom. The second-order valence-corrected chi connectivity index (χ2v) is 7.23. The lowest BCUT2D eigenvalue weighted by Gasteiger charge is -2.13. The molecule has 0 fully saturated rings. The van der Waals surface area contributed by atoms with Gasteiger partial charge in [0.05, 0.1) is 22.9 Å². The maximum absolute atomic E-state index is 11.4. The minimum absolute atomic E-state index is 0.258. The molecule has 7 heteroatoms. The Balaban J connectivity index is 1.82. The fourth-order valence-corrected chi connectivity index (χ4v) is 3.35. The van der Waals surface area contributed by atoms with Gasteiger partial charge in [0.25, 0.3) is 0 Å². The summed E-state index contributed by atoms with van der Waals surface area (Å²) in [5.74, 6) is -0.387. The Hall–Kier alpha value is -1.43. The summed E-state index contributed by atoms with van der Waals surface area (Å²) in [5, 5.41) is 13.6. The van der Waals surface area contributed by atoms with Crippen LogP contribution in [-0.2, 0) is 0 Å². The van der Waals surface area contributed by atoms with Crippen LogP contribution < -0.4 is 10.1 Å². The fraction of sp³-hybridized carbons (Fsp3) is 0.278. The smallest absolute Gasteiger partial charge is 0.337 e. The molecule has 0 aliphatic rings. The van der Waals surface area contributed by atoms with Crippen molar-refractivity contribution in [1.82, 2.24) is 0 Å². The first kappa shape index (κ1) is 19.9. The van der Waals surface area contributed by atoms with Crippen molar-refractivity contribution in [2.45, 2.75) is 19.8 Å². The summed E-state index contributed by atoms with van der Waals surface area (Å²) >= 11 is 15.4. The lowest BCUT2D eigenvalue weighted by atomic mass is 10.1. The molecule has 0 saturated heterocycles. The average molecular weight is 447 g/mol. The lowest BCUT2D eigenvalue weighted by molar-refractivity contribution is 0.0697. The molecule has 0 bridgehead atoms. The number of unbranched alkanes of at least 4 members (excludes halogenated alkanes) is 1. The number of aryl methyl sites for hydroxylation is 1. The van der Waals surface area contributed by atoms with E-state index in [1.54, 1.807) is 24.3 Å². The predicted octanol–water partition coefficient (Wildman–Crippen LogP) is 6.03. The number of benzene rings is 2. The van der Waals surface area contributed by atoms with Gasteiger partial charge in [0, 0.05) is 22.1 Å². The molecule has 0 aliphatic heterocycles. The third-order valence-corrected chi connectivity index (χ3v) is 4.66. The van der Waals surface area contributed by atoms with Gasteiger partial charge in [0.15, 0.2) is 0 Å². The van der Waals surface area contributed by atoms with E-state index < -0.39 is 5.97 Å². The zero-order valence-corrected chi connectivity index (χ0v) is 16.7. The van der Waals surface area contributed by atoms with E-state index >= 15 is 0 Å². The van der Waals surface area contributed by atoms with Crippen molar-refractivity contribution >= 4 is 50.8 Å². The molecule has 25 heavy (non-hydrogen) atoms. The predicted molar refractivity (Wildman–Crippen MR) is 106 cm³/mol. The SMILES string of the molecule is Cc1cc(Br)c(NCCCCOc2cc(Cl)ccc2Cl)c(C(=O)O)c1. The fourth-order valence-electron chi connectivity index (χ4n) is 2.30. The van der Waals surface area contributed by atoms with E-state index in [9.17, 15) is 9.90 Å². The highest BCUT2D eigenvalue weighted by Gasteiger charge is 2.13. The topological polar surface area (TPSA) is 58.6 Å². The number of carbonyl (C=O) groups is 1. The monoisotopic (exact) mass is 445 g/mol. The molecule has 134 valence electrons. The van der Waals surface area contributed by atoms with Crippen LogP contribution in [0.1, 0.15) is 28.8 Å². The molecule has 2 rings (SSSR count). The summed E-state index contributed by atoms with van der Waals surface area (Å²) in [4.78, 5) is 11.4. The molecular formula is C18H18BrCl2NO3. The van der Waals surface area contributed by atoms with Gasteiger partial charge >= 0.3 is 5.97 Å². The van der Waals surface area contributed by atoms with E-state index in [4.69, 9.17) is 27.9 Å². The molecule has 0 amide bonds. The van der Waals surface area contributed by atoms with E-state index in [1.165, 1.54) is 0 Å². The van der Waals surface area contributed by atoms with Gasteiger partial charge in [-0.05, 0) is 65.5 Å². The molecule has 0 radical (unpaired) electrons. The molecule has 2 aromatic rings. The van der Waals surface area contributed by atoms with E-state index in [0.717, 1.165) is 22.9 Å². The van der Waals surface area contributed by atoms with Gasteiger partial charge in [0.2, 0.25) is 0 Å². The first-order valence-corrected chi connectivity index (χ1v) is 9.28. The molecule has 0 aromatic heterocycles. The first-order valence-electron chi connectivity index (χ1n) is 7.73. The van der Waals surface area contributed by atoms with Crippen LogP contribution in [0.4, 0.5) is 5.69 Å². The van der Waals surface area contributed by atoms with Crippen LogP contribution in [0.5, 0.6) is 5.75 Å². The van der Waals surface area contributed by atoms with Crippen LogP contribution in [0.25, 0.3) is 0 Å². The van der Waals surface area contributed by atoms with Crippen LogP contribution in [0, 0.1) is 6.92 Å². The number of carboxylic acid groups (broad SMARTS) is 1. The van der Waals surface area contributed by atoms with E-state index in [0.29, 0.717) is 34.6 Å². The zero-order chi connectivity index (χ0) is 18.4. The summed E-state index contributed by atoms with van der Waals surface area (Å²) < 4.78 is 6.37. The molecule has 0 saturated carbocycles. The van der Waals surface area contributed by atoms with Gasteiger partial charge in [-0.2, -0.15) is 0 Å². The van der Waals surface area contributed by atoms with Crippen LogP contribution in [0.15, 0.2) is 34.8 Å².